The number of carbonyl (C=O) groups excluding carboxylic acids is 1. The molecule has 1 aliphatic heterocycles. The number of aryl methyl sites for hydroxylation is 1. The smallest absolute Gasteiger partial charge is 0.120 e. The van der Waals surface area contributed by atoms with Gasteiger partial charge < -0.3 is 15.0 Å². The van der Waals surface area contributed by atoms with Crippen LogP contribution in [0.1, 0.15) is 64.0 Å². The van der Waals surface area contributed by atoms with E-state index in [-0.39, 0.29) is 18.2 Å². The molecular formula is C23H35NO3. The van der Waals surface area contributed by atoms with Crippen LogP contribution in [0.3, 0.4) is 0 Å². The highest BCUT2D eigenvalue weighted by Gasteiger charge is 2.57. The zero-order valence-electron chi connectivity index (χ0n) is 17.3. The second-order valence-electron chi connectivity index (χ2n) is 8.30. The summed E-state index contributed by atoms with van der Waals surface area (Å²) in [4.78, 5) is 14.1. The zero-order valence-corrected chi connectivity index (χ0v) is 17.3. The lowest BCUT2D eigenvalue weighted by Gasteiger charge is -2.58. The van der Waals surface area contributed by atoms with E-state index in [1.54, 1.807) is 12.1 Å². The maximum Gasteiger partial charge on any atom is 0.120 e. The average Bonchev–Trinajstić information content (AvgIpc) is 2.61. The Labute approximate surface area is 163 Å². The predicted molar refractivity (Wildman–Crippen MR) is 110 cm³/mol. The van der Waals surface area contributed by atoms with Gasteiger partial charge in [-0.2, -0.15) is 0 Å². The summed E-state index contributed by atoms with van der Waals surface area (Å²) in [5.74, 6) is 0.178. The zero-order chi connectivity index (χ0) is 20.2. The molecule has 4 nitrogen and oxygen atoms in total. The van der Waals surface area contributed by atoms with Crippen LogP contribution in [0, 0.1) is 6.92 Å². The summed E-state index contributed by atoms with van der Waals surface area (Å²) in [6.07, 6.45) is 4.21. The Hall–Kier alpha value is -1.65. The van der Waals surface area contributed by atoms with Crippen molar-refractivity contribution in [3.63, 3.8) is 0 Å². The van der Waals surface area contributed by atoms with Gasteiger partial charge in [0.1, 0.15) is 12.0 Å². The van der Waals surface area contributed by atoms with E-state index in [1.807, 2.05) is 19.9 Å². The third-order valence-electron chi connectivity index (χ3n) is 6.52. The van der Waals surface area contributed by atoms with Gasteiger partial charge in [0, 0.05) is 24.4 Å². The number of aldehydes is 1. The molecule has 1 aromatic rings. The molecule has 0 radical (unpaired) electrons. The molecule has 1 heterocycles. The van der Waals surface area contributed by atoms with Crippen molar-refractivity contribution in [3.05, 3.63) is 41.5 Å². The number of aromatic hydroxyl groups is 1. The summed E-state index contributed by atoms with van der Waals surface area (Å²) in [5.41, 5.74) is 1.31. The lowest BCUT2D eigenvalue weighted by Crippen LogP contribution is -2.68. The van der Waals surface area contributed by atoms with E-state index in [0.29, 0.717) is 12.8 Å². The molecule has 0 aliphatic carbocycles. The van der Waals surface area contributed by atoms with E-state index < -0.39 is 11.0 Å². The van der Waals surface area contributed by atoms with Crippen molar-refractivity contribution >= 4 is 6.29 Å². The number of likely N-dealkylation sites (tertiary alicyclic amines) is 1. The maximum atomic E-state index is 12.1. The van der Waals surface area contributed by atoms with Gasteiger partial charge in [0.05, 0.1) is 5.60 Å². The second kappa shape index (κ2) is 8.57. The number of benzene rings is 1. The molecule has 3 atom stereocenters. The average molecular weight is 374 g/mol. The van der Waals surface area contributed by atoms with Crippen molar-refractivity contribution in [2.45, 2.75) is 76.9 Å². The SMILES string of the molecule is C=C(C)CCN1CCC(CC=O)(c2cc(O)ccc2C)C(O)(CCC)C1C. The summed E-state index contributed by atoms with van der Waals surface area (Å²) in [5, 5.41) is 22.2. The van der Waals surface area contributed by atoms with Gasteiger partial charge in [0.25, 0.3) is 0 Å². The van der Waals surface area contributed by atoms with Crippen LogP contribution in [-0.2, 0) is 10.2 Å². The predicted octanol–water partition coefficient (Wildman–Crippen LogP) is 4.12. The van der Waals surface area contributed by atoms with Crippen molar-refractivity contribution in [1.29, 1.82) is 0 Å². The third kappa shape index (κ3) is 3.97. The van der Waals surface area contributed by atoms with Crippen molar-refractivity contribution < 1.29 is 15.0 Å². The fourth-order valence-electron chi connectivity index (χ4n) is 4.94. The van der Waals surface area contributed by atoms with Crippen molar-refractivity contribution in [2.75, 3.05) is 13.1 Å². The van der Waals surface area contributed by atoms with Crippen LogP contribution in [0.5, 0.6) is 5.75 Å². The summed E-state index contributed by atoms with van der Waals surface area (Å²) in [6.45, 7) is 13.8. The van der Waals surface area contributed by atoms with Crippen molar-refractivity contribution in [1.82, 2.24) is 4.90 Å². The van der Waals surface area contributed by atoms with Gasteiger partial charge >= 0.3 is 0 Å². The van der Waals surface area contributed by atoms with Crippen LogP contribution >= 0.6 is 0 Å². The molecule has 1 fully saturated rings. The molecule has 1 aliphatic rings. The molecule has 0 saturated carbocycles. The quantitative estimate of drug-likeness (QED) is 0.532. The normalized spacial score (nSPS) is 28.9. The highest BCUT2D eigenvalue weighted by molar-refractivity contribution is 5.57. The Morgan fingerprint density at radius 2 is 2.15 bits per heavy atom. The molecular weight excluding hydrogens is 338 g/mol. The number of rotatable bonds is 8. The first-order valence-electron chi connectivity index (χ1n) is 10.1. The third-order valence-corrected chi connectivity index (χ3v) is 6.52. The molecule has 150 valence electrons. The Balaban J connectivity index is 2.56. The van der Waals surface area contributed by atoms with Gasteiger partial charge in [-0.05, 0) is 69.8 Å². The first-order chi connectivity index (χ1) is 12.7. The van der Waals surface area contributed by atoms with E-state index in [2.05, 4.69) is 25.3 Å². The van der Waals surface area contributed by atoms with E-state index in [1.165, 1.54) is 0 Å². The molecule has 1 saturated heterocycles. The summed E-state index contributed by atoms with van der Waals surface area (Å²) in [7, 11) is 0. The highest BCUT2D eigenvalue weighted by atomic mass is 16.3. The van der Waals surface area contributed by atoms with E-state index in [9.17, 15) is 15.0 Å². The van der Waals surface area contributed by atoms with Gasteiger partial charge in [-0.25, -0.2) is 0 Å². The minimum atomic E-state index is -1.05. The highest BCUT2D eigenvalue weighted by Crippen LogP contribution is 2.51. The number of carbonyl (C=O) groups is 1. The monoisotopic (exact) mass is 373 g/mol. The van der Waals surface area contributed by atoms with Gasteiger partial charge in [-0.15, -0.1) is 6.58 Å². The Morgan fingerprint density at radius 3 is 2.74 bits per heavy atom. The second-order valence-corrected chi connectivity index (χ2v) is 8.30. The minimum absolute atomic E-state index is 0.0905. The first kappa shape index (κ1) is 21.6. The fourth-order valence-corrected chi connectivity index (χ4v) is 4.94. The van der Waals surface area contributed by atoms with Crippen LogP contribution in [0.2, 0.25) is 0 Å². The summed E-state index contributed by atoms with van der Waals surface area (Å²) in [6, 6.07) is 5.20. The standard InChI is InChI=1S/C23H35NO3/c1-6-10-23(27)19(5)24(13-9-17(2)3)14-11-22(23,12-15-25)21-16-20(26)8-7-18(21)4/h7-8,15-16,19,26-27H,2,6,9-14H2,1,3-5H3. The Kier molecular flexibility index (Phi) is 6.87. The van der Waals surface area contributed by atoms with E-state index >= 15 is 0 Å². The molecule has 3 unspecified atom stereocenters. The molecule has 0 aromatic heterocycles. The Morgan fingerprint density at radius 1 is 1.44 bits per heavy atom. The maximum absolute atomic E-state index is 12.1. The Bertz CT molecular complexity index is 686. The lowest BCUT2D eigenvalue weighted by atomic mass is 9.56. The number of hydrogen-bond acceptors (Lipinski definition) is 4. The fraction of sp³-hybridized carbons (Fsp3) is 0.609. The molecule has 27 heavy (non-hydrogen) atoms. The molecule has 2 N–H and O–H groups in total. The number of phenols is 1. The number of aliphatic hydroxyl groups is 1. The van der Waals surface area contributed by atoms with Crippen LogP contribution in [0.25, 0.3) is 0 Å². The van der Waals surface area contributed by atoms with E-state index in [0.717, 1.165) is 48.9 Å². The van der Waals surface area contributed by atoms with Gasteiger partial charge in [-0.1, -0.05) is 25.0 Å². The van der Waals surface area contributed by atoms with Gasteiger partial charge in [0.2, 0.25) is 0 Å². The number of piperidine rings is 1. The number of nitrogens with zero attached hydrogens (tertiary/aromatic N) is 1. The first-order valence-corrected chi connectivity index (χ1v) is 10.1. The molecule has 0 bridgehead atoms. The lowest BCUT2D eigenvalue weighted by molar-refractivity contribution is -0.145. The summed E-state index contributed by atoms with van der Waals surface area (Å²) < 4.78 is 0. The number of hydrogen-bond donors (Lipinski definition) is 2. The van der Waals surface area contributed by atoms with Crippen LogP contribution in [0.15, 0.2) is 30.4 Å². The number of phenolic OH excluding ortho intramolecular Hbond substituents is 1. The topological polar surface area (TPSA) is 60.8 Å². The van der Waals surface area contributed by atoms with E-state index in [4.69, 9.17) is 0 Å². The molecule has 2 rings (SSSR count). The van der Waals surface area contributed by atoms with Crippen LogP contribution < -0.4 is 0 Å². The van der Waals surface area contributed by atoms with Crippen molar-refractivity contribution in [2.24, 2.45) is 0 Å². The summed E-state index contributed by atoms with van der Waals surface area (Å²) >= 11 is 0. The molecule has 0 spiro atoms. The van der Waals surface area contributed by atoms with Gasteiger partial charge in [-0.3, -0.25) is 4.90 Å². The van der Waals surface area contributed by atoms with Gasteiger partial charge in [0.15, 0.2) is 0 Å². The minimum Gasteiger partial charge on any atom is -0.508 e. The molecule has 0 amide bonds. The van der Waals surface area contributed by atoms with Crippen LogP contribution in [-0.4, -0.2) is 46.1 Å². The largest absolute Gasteiger partial charge is 0.508 e. The molecule has 4 heteroatoms. The van der Waals surface area contributed by atoms with Crippen LogP contribution in [0.4, 0.5) is 0 Å². The molecule has 1 aromatic carbocycles. The van der Waals surface area contributed by atoms with Crippen molar-refractivity contribution in [3.8, 4) is 5.75 Å².